The van der Waals surface area contributed by atoms with Crippen LogP contribution in [-0.4, -0.2) is 65.4 Å². The Kier molecular flexibility index (Phi) is 4.04. The molecule has 1 amide bonds. The summed E-state index contributed by atoms with van der Waals surface area (Å²) in [6.07, 6.45) is -4.35. The smallest absolute Gasteiger partial charge is 0.332 e. The highest BCUT2D eigenvalue weighted by Gasteiger charge is 2.51. The summed E-state index contributed by atoms with van der Waals surface area (Å²) < 4.78 is 16.0. The van der Waals surface area contributed by atoms with Crippen molar-refractivity contribution >= 4 is 11.9 Å². The minimum absolute atomic E-state index is 0.184. The van der Waals surface area contributed by atoms with Crippen LogP contribution >= 0.6 is 0 Å². The van der Waals surface area contributed by atoms with Gasteiger partial charge in [0.25, 0.3) is 0 Å². The molecule has 0 saturated carbocycles. The molecular formula is C11H17NO7. The third-order valence-corrected chi connectivity index (χ3v) is 3.18. The van der Waals surface area contributed by atoms with Crippen molar-refractivity contribution in [3.05, 3.63) is 0 Å². The van der Waals surface area contributed by atoms with E-state index in [9.17, 15) is 14.7 Å². The number of carbonyl (C=O) groups is 2. The first-order valence-corrected chi connectivity index (χ1v) is 6.00. The van der Waals surface area contributed by atoms with Crippen LogP contribution in [0.5, 0.6) is 0 Å². The third-order valence-electron chi connectivity index (χ3n) is 3.18. The second kappa shape index (κ2) is 5.41. The van der Waals surface area contributed by atoms with Crippen molar-refractivity contribution in [2.24, 2.45) is 0 Å². The lowest BCUT2D eigenvalue weighted by atomic mass is 9.98. The van der Waals surface area contributed by atoms with Gasteiger partial charge < -0.3 is 29.7 Å². The summed E-state index contributed by atoms with van der Waals surface area (Å²) in [7, 11) is 0. The fourth-order valence-corrected chi connectivity index (χ4v) is 2.23. The van der Waals surface area contributed by atoms with Gasteiger partial charge in [-0.15, -0.1) is 0 Å². The quantitative estimate of drug-likeness (QED) is 0.570. The first-order valence-electron chi connectivity index (χ1n) is 6.00. The average Bonchev–Trinajstić information content (AvgIpc) is 2.76. The molecule has 0 aromatic carbocycles. The lowest BCUT2D eigenvalue weighted by Gasteiger charge is -2.39. The van der Waals surface area contributed by atoms with E-state index in [2.05, 4.69) is 5.32 Å². The van der Waals surface area contributed by atoms with Gasteiger partial charge in [0.15, 0.2) is 12.4 Å². The van der Waals surface area contributed by atoms with Gasteiger partial charge in [-0.3, -0.25) is 4.79 Å². The second-order valence-corrected chi connectivity index (χ2v) is 4.67. The number of ether oxygens (including phenoxy) is 3. The first kappa shape index (κ1) is 14.2. The van der Waals surface area contributed by atoms with Crippen LogP contribution in [0.15, 0.2) is 0 Å². The zero-order valence-electron chi connectivity index (χ0n) is 10.6. The number of fused-ring (bicyclic) bond motifs is 2. The first-order chi connectivity index (χ1) is 8.90. The highest BCUT2D eigenvalue weighted by Crippen LogP contribution is 2.30. The number of carboxylic acids is 1. The number of amides is 1. The maximum Gasteiger partial charge on any atom is 0.332 e. The zero-order chi connectivity index (χ0) is 14.2. The van der Waals surface area contributed by atoms with E-state index in [1.54, 1.807) is 0 Å². The monoisotopic (exact) mass is 275 g/mol. The molecule has 0 spiro atoms. The van der Waals surface area contributed by atoms with Gasteiger partial charge >= 0.3 is 5.97 Å². The number of carboxylic acid groups (broad SMARTS) is 1. The molecule has 2 aliphatic rings. The van der Waals surface area contributed by atoms with Crippen LogP contribution in [0.4, 0.5) is 0 Å². The molecule has 19 heavy (non-hydrogen) atoms. The van der Waals surface area contributed by atoms with E-state index in [1.807, 2.05) is 0 Å². The summed E-state index contributed by atoms with van der Waals surface area (Å²) in [6, 6.07) is -0.743. The van der Waals surface area contributed by atoms with Crippen molar-refractivity contribution in [1.82, 2.24) is 5.32 Å². The Morgan fingerprint density at radius 1 is 1.47 bits per heavy atom. The third kappa shape index (κ3) is 2.86. The average molecular weight is 275 g/mol. The molecule has 2 saturated heterocycles. The maximum absolute atomic E-state index is 11.2. The lowest BCUT2D eigenvalue weighted by molar-refractivity contribution is -0.213. The molecule has 2 bridgehead atoms. The van der Waals surface area contributed by atoms with E-state index < -0.39 is 42.7 Å². The zero-order valence-corrected chi connectivity index (χ0v) is 10.6. The van der Waals surface area contributed by atoms with Crippen molar-refractivity contribution in [3.8, 4) is 0 Å². The lowest BCUT2D eigenvalue weighted by Crippen LogP contribution is -2.62. The Hall–Kier alpha value is -1.22. The molecule has 6 atom stereocenters. The van der Waals surface area contributed by atoms with Crippen LogP contribution < -0.4 is 5.32 Å². The topological polar surface area (TPSA) is 114 Å². The summed E-state index contributed by atoms with van der Waals surface area (Å²) in [5, 5.41) is 21.5. The molecule has 0 radical (unpaired) electrons. The van der Waals surface area contributed by atoms with E-state index in [-0.39, 0.29) is 12.5 Å². The fourth-order valence-electron chi connectivity index (χ4n) is 2.23. The number of rotatable bonds is 4. The molecule has 0 unspecified atom stereocenters. The Morgan fingerprint density at radius 2 is 2.16 bits per heavy atom. The number of carbonyl (C=O) groups excluding carboxylic acids is 1. The molecule has 2 rings (SSSR count). The summed E-state index contributed by atoms with van der Waals surface area (Å²) in [5.74, 6) is -1.49. The molecule has 108 valence electrons. The Labute approximate surface area is 109 Å². The molecular weight excluding hydrogens is 258 g/mol. The summed E-state index contributed by atoms with van der Waals surface area (Å²) in [6.45, 7) is 2.85. The Bertz CT molecular complexity index is 374. The molecule has 2 heterocycles. The van der Waals surface area contributed by atoms with Crippen molar-refractivity contribution in [2.75, 3.05) is 6.61 Å². The van der Waals surface area contributed by atoms with Gasteiger partial charge in [0.05, 0.1) is 6.61 Å². The minimum Gasteiger partial charge on any atom is -0.479 e. The van der Waals surface area contributed by atoms with Crippen LogP contribution in [0.1, 0.15) is 13.8 Å². The van der Waals surface area contributed by atoms with Gasteiger partial charge in [-0.25, -0.2) is 4.79 Å². The number of aliphatic hydroxyl groups is 1. The van der Waals surface area contributed by atoms with Crippen LogP contribution in [0.25, 0.3) is 0 Å². The number of aliphatic hydroxyl groups excluding tert-OH is 1. The number of nitrogens with one attached hydrogen (secondary N) is 1. The van der Waals surface area contributed by atoms with E-state index in [0.29, 0.717) is 0 Å². The molecule has 2 aliphatic heterocycles. The molecule has 8 heteroatoms. The van der Waals surface area contributed by atoms with Crippen molar-refractivity contribution < 1.29 is 34.0 Å². The van der Waals surface area contributed by atoms with Crippen LogP contribution in [0.3, 0.4) is 0 Å². The Morgan fingerprint density at radius 3 is 2.74 bits per heavy atom. The van der Waals surface area contributed by atoms with E-state index in [1.165, 1.54) is 13.8 Å². The number of hydrogen-bond acceptors (Lipinski definition) is 6. The molecule has 0 aromatic rings. The predicted molar refractivity (Wildman–Crippen MR) is 60.2 cm³/mol. The van der Waals surface area contributed by atoms with Gasteiger partial charge in [0.1, 0.15) is 24.4 Å². The summed E-state index contributed by atoms with van der Waals surface area (Å²) >= 11 is 0. The highest BCUT2D eigenvalue weighted by molar-refractivity contribution is 5.73. The van der Waals surface area contributed by atoms with Gasteiger partial charge in [0, 0.05) is 6.92 Å². The van der Waals surface area contributed by atoms with Gasteiger partial charge in [-0.05, 0) is 6.92 Å². The molecule has 0 aliphatic carbocycles. The van der Waals surface area contributed by atoms with E-state index in [4.69, 9.17) is 19.3 Å². The van der Waals surface area contributed by atoms with E-state index >= 15 is 0 Å². The fraction of sp³-hybridized carbons (Fsp3) is 0.818. The SMILES string of the molecule is CC(=O)N[C@H]1[C@@H]2OC[C@@H](O2)[C@@H](O)[C@@H]1O[C@H](C)C(=O)O. The van der Waals surface area contributed by atoms with Crippen molar-refractivity contribution in [3.63, 3.8) is 0 Å². The highest BCUT2D eigenvalue weighted by atomic mass is 16.7. The van der Waals surface area contributed by atoms with Crippen LogP contribution in [0.2, 0.25) is 0 Å². The number of hydrogen-bond donors (Lipinski definition) is 3. The summed E-state index contributed by atoms with van der Waals surface area (Å²) in [5.41, 5.74) is 0. The van der Waals surface area contributed by atoms with Crippen molar-refractivity contribution in [2.45, 2.75) is 50.6 Å². The van der Waals surface area contributed by atoms with Gasteiger partial charge in [0.2, 0.25) is 5.91 Å². The maximum atomic E-state index is 11.2. The van der Waals surface area contributed by atoms with Crippen LogP contribution in [-0.2, 0) is 23.8 Å². The van der Waals surface area contributed by atoms with Gasteiger partial charge in [-0.1, -0.05) is 0 Å². The largest absolute Gasteiger partial charge is 0.479 e. The molecule has 0 aromatic heterocycles. The predicted octanol–water partition coefficient (Wildman–Crippen LogP) is -1.53. The Balaban J connectivity index is 2.14. The van der Waals surface area contributed by atoms with Crippen LogP contribution in [0, 0.1) is 0 Å². The molecule has 2 fully saturated rings. The normalized spacial score (nSPS) is 38.8. The summed E-state index contributed by atoms with van der Waals surface area (Å²) in [4.78, 5) is 22.0. The standard InChI is InChI=1S/C11H17NO7/c1-4(10(15)16)18-9-7(12-5(2)13)11-17-3-6(19-11)8(9)14/h4,6-9,11,14H,3H2,1-2H3,(H,12,13)(H,15,16)/t4-,6-,7-,8-,9-,11-/m1/s1. The molecule has 3 N–H and O–H groups in total. The van der Waals surface area contributed by atoms with Crippen molar-refractivity contribution in [1.29, 1.82) is 0 Å². The number of aliphatic carboxylic acids is 1. The van der Waals surface area contributed by atoms with Gasteiger partial charge in [-0.2, -0.15) is 0 Å². The second-order valence-electron chi connectivity index (χ2n) is 4.67. The molecule has 8 nitrogen and oxygen atoms in total. The minimum atomic E-state index is -1.14. The van der Waals surface area contributed by atoms with E-state index in [0.717, 1.165) is 0 Å².